The van der Waals surface area contributed by atoms with Gasteiger partial charge in [-0.3, -0.25) is 0 Å². The van der Waals surface area contributed by atoms with E-state index in [4.69, 9.17) is 0 Å². The maximum atomic E-state index is 3.94. The van der Waals surface area contributed by atoms with E-state index in [0.29, 0.717) is 10.8 Å². The molecule has 2 aliphatic carbocycles. The predicted molar refractivity (Wildman–Crippen MR) is 75.1 cm³/mol. The quantitative estimate of drug-likeness (QED) is 0.765. The van der Waals surface area contributed by atoms with Crippen molar-refractivity contribution in [3.63, 3.8) is 0 Å². The van der Waals surface area contributed by atoms with Gasteiger partial charge in [0.25, 0.3) is 0 Å². The summed E-state index contributed by atoms with van der Waals surface area (Å²) >= 11 is 0. The zero-order valence-electron chi connectivity index (χ0n) is 12.5. The molecule has 0 spiro atoms. The SMILES string of the molecule is CCCC1CC1NC1CC(C)(C)CC(C)(C)C1. The summed E-state index contributed by atoms with van der Waals surface area (Å²) in [4.78, 5) is 0. The summed E-state index contributed by atoms with van der Waals surface area (Å²) in [6.45, 7) is 12.1. The van der Waals surface area contributed by atoms with E-state index in [1.54, 1.807) is 0 Å². The van der Waals surface area contributed by atoms with Gasteiger partial charge < -0.3 is 5.32 Å². The van der Waals surface area contributed by atoms with Gasteiger partial charge >= 0.3 is 0 Å². The number of hydrogen-bond acceptors (Lipinski definition) is 1. The zero-order valence-corrected chi connectivity index (χ0v) is 12.5. The van der Waals surface area contributed by atoms with Crippen LogP contribution in [0.2, 0.25) is 0 Å². The van der Waals surface area contributed by atoms with E-state index >= 15 is 0 Å². The van der Waals surface area contributed by atoms with Gasteiger partial charge in [-0.2, -0.15) is 0 Å². The van der Waals surface area contributed by atoms with Crippen LogP contribution in [0.15, 0.2) is 0 Å². The summed E-state index contributed by atoms with van der Waals surface area (Å²) in [5.41, 5.74) is 1.04. The lowest BCUT2D eigenvalue weighted by Crippen LogP contribution is -2.45. The summed E-state index contributed by atoms with van der Waals surface area (Å²) in [5, 5.41) is 3.94. The molecular formula is C16H31N. The first-order valence-electron chi connectivity index (χ1n) is 7.57. The van der Waals surface area contributed by atoms with E-state index in [0.717, 1.165) is 18.0 Å². The smallest absolute Gasteiger partial charge is 0.0102 e. The molecule has 1 N–H and O–H groups in total. The second-order valence-electron chi connectivity index (χ2n) is 8.17. The first kappa shape index (κ1) is 13.4. The van der Waals surface area contributed by atoms with Gasteiger partial charge in [0.15, 0.2) is 0 Å². The van der Waals surface area contributed by atoms with Crippen molar-refractivity contribution in [2.75, 3.05) is 0 Å². The highest BCUT2D eigenvalue weighted by molar-refractivity contribution is 4.99. The van der Waals surface area contributed by atoms with Gasteiger partial charge in [-0.25, -0.2) is 0 Å². The van der Waals surface area contributed by atoms with E-state index < -0.39 is 0 Å². The lowest BCUT2D eigenvalue weighted by atomic mass is 9.63. The molecule has 2 saturated carbocycles. The van der Waals surface area contributed by atoms with Crippen LogP contribution in [0.25, 0.3) is 0 Å². The average Bonchev–Trinajstić information content (AvgIpc) is 2.77. The third-order valence-electron chi connectivity index (χ3n) is 4.59. The summed E-state index contributed by atoms with van der Waals surface area (Å²) in [7, 11) is 0. The number of nitrogens with one attached hydrogen (secondary N) is 1. The van der Waals surface area contributed by atoms with Crippen molar-refractivity contribution in [2.24, 2.45) is 16.7 Å². The van der Waals surface area contributed by atoms with E-state index in [2.05, 4.69) is 39.9 Å². The first-order valence-corrected chi connectivity index (χ1v) is 7.57. The minimum atomic E-state index is 0.522. The van der Waals surface area contributed by atoms with Gasteiger partial charge in [-0.15, -0.1) is 0 Å². The second kappa shape index (κ2) is 4.57. The Labute approximate surface area is 108 Å². The largest absolute Gasteiger partial charge is 0.311 e. The highest BCUT2D eigenvalue weighted by Crippen LogP contribution is 2.47. The molecule has 2 unspecified atom stereocenters. The fraction of sp³-hybridized carbons (Fsp3) is 1.00. The molecule has 1 heteroatoms. The lowest BCUT2D eigenvalue weighted by molar-refractivity contribution is 0.0838. The highest BCUT2D eigenvalue weighted by atomic mass is 15.0. The Morgan fingerprint density at radius 3 is 2.18 bits per heavy atom. The van der Waals surface area contributed by atoms with E-state index in [1.165, 1.54) is 38.5 Å². The summed E-state index contributed by atoms with van der Waals surface area (Å²) in [6, 6.07) is 1.62. The second-order valence-corrected chi connectivity index (χ2v) is 8.17. The maximum absolute atomic E-state index is 3.94. The van der Waals surface area contributed by atoms with Gasteiger partial charge in [0.2, 0.25) is 0 Å². The van der Waals surface area contributed by atoms with Crippen LogP contribution in [0.3, 0.4) is 0 Å². The van der Waals surface area contributed by atoms with Crippen LogP contribution in [0.5, 0.6) is 0 Å². The van der Waals surface area contributed by atoms with Gasteiger partial charge in [0, 0.05) is 12.1 Å². The van der Waals surface area contributed by atoms with Crippen molar-refractivity contribution in [3.05, 3.63) is 0 Å². The molecular weight excluding hydrogens is 206 g/mol. The Kier molecular flexibility index (Phi) is 3.60. The average molecular weight is 237 g/mol. The van der Waals surface area contributed by atoms with Crippen molar-refractivity contribution in [1.82, 2.24) is 5.32 Å². The fourth-order valence-electron chi connectivity index (χ4n) is 4.41. The van der Waals surface area contributed by atoms with Crippen LogP contribution in [-0.2, 0) is 0 Å². The zero-order chi connectivity index (χ0) is 12.7. The van der Waals surface area contributed by atoms with Crippen LogP contribution in [-0.4, -0.2) is 12.1 Å². The maximum Gasteiger partial charge on any atom is 0.0102 e. The summed E-state index contributed by atoms with van der Waals surface area (Å²) < 4.78 is 0. The summed E-state index contributed by atoms with van der Waals surface area (Å²) in [6.07, 6.45) is 8.33. The van der Waals surface area contributed by atoms with Gasteiger partial charge in [-0.1, -0.05) is 41.0 Å². The molecule has 0 aliphatic heterocycles. The molecule has 0 bridgehead atoms. The first-order chi connectivity index (χ1) is 7.81. The van der Waals surface area contributed by atoms with Crippen molar-refractivity contribution in [3.8, 4) is 0 Å². The normalized spacial score (nSPS) is 35.8. The number of rotatable bonds is 4. The summed E-state index contributed by atoms with van der Waals surface area (Å²) in [5.74, 6) is 0.994. The number of hydrogen-bond donors (Lipinski definition) is 1. The van der Waals surface area contributed by atoms with E-state index in [9.17, 15) is 0 Å². The fourth-order valence-corrected chi connectivity index (χ4v) is 4.41. The van der Waals surface area contributed by atoms with Crippen LogP contribution < -0.4 is 5.32 Å². The third kappa shape index (κ3) is 3.71. The molecule has 100 valence electrons. The Balaban J connectivity index is 1.85. The minimum Gasteiger partial charge on any atom is -0.311 e. The third-order valence-corrected chi connectivity index (χ3v) is 4.59. The van der Waals surface area contributed by atoms with Crippen molar-refractivity contribution >= 4 is 0 Å². The molecule has 2 rings (SSSR count). The molecule has 0 amide bonds. The van der Waals surface area contributed by atoms with Crippen LogP contribution >= 0.6 is 0 Å². The molecule has 17 heavy (non-hydrogen) atoms. The van der Waals surface area contributed by atoms with Gasteiger partial charge in [0.05, 0.1) is 0 Å². The molecule has 0 aromatic carbocycles. The van der Waals surface area contributed by atoms with E-state index in [1.807, 2.05) is 0 Å². The molecule has 2 aliphatic rings. The molecule has 0 saturated heterocycles. The van der Waals surface area contributed by atoms with Crippen LogP contribution in [0.1, 0.15) is 73.1 Å². The monoisotopic (exact) mass is 237 g/mol. The molecule has 0 aromatic rings. The van der Waals surface area contributed by atoms with Crippen LogP contribution in [0, 0.1) is 16.7 Å². The molecule has 1 nitrogen and oxygen atoms in total. The van der Waals surface area contributed by atoms with Gasteiger partial charge in [0.1, 0.15) is 0 Å². The Morgan fingerprint density at radius 2 is 1.65 bits per heavy atom. The van der Waals surface area contributed by atoms with E-state index in [-0.39, 0.29) is 0 Å². The van der Waals surface area contributed by atoms with Crippen molar-refractivity contribution < 1.29 is 0 Å². The lowest BCUT2D eigenvalue weighted by Gasteiger charge is -2.45. The highest BCUT2D eigenvalue weighted by Gasteiger charge is 2.42. The Morgan fingerprint density at radius 1 is 1.06 bits per heavy atom. The standard InChI is InChI=1S/C16H31N/c1-6-7-12-8-14(12)17-13-9-15(2,3)11-16(4,5)10-13/h12-14,17H,6-11H2,1-5H3. The molecule has 0 radical (unpaired) electrons. The minimum absolute atomic E-state index is 0.522. The van der Waals surface area contributed by atoms with Crippen molar-refractivity contribution in [2.45, 2.75) is 85.2 Å². The van der Waals surface area contributed by atoms with Crippen molar-refractivity contribution in [1.29, 1.82) is 0 Å². The molecule has 0 aromatic heterocycles. The molecule has 2 atom stereocenters. The molecule has 2 fully saturated rings. The Bertz CT molecular complexity index is 251. The molecule has 0 heterocycles. The van der Waals surface area contributed by atoms with Gasteiger partial charge in [-0.05, 0) is 48.9 Å². The predicted octanol–water partition coefficient (Wildman–Crippen LogP) is 4.37. The Hall–Kier alpha value is -0.0400. The van der Waals surface area contributed by atoms with Crippen LogP contribution in [0.4, 0.5) is 0 Å². The topological polar surface area (TPSA) is 12.0 Å².